The van der Waals surface area contributed by atoms with Gasteiger partial charge in [-0.2, -0.15) is 0 Å². The van der Waals surface area contributed by atoms with Crippen LogP contribution in [0, 0.1) is 13.8 Å². The summed E-state index contributed by atoms with van der Waals surface area (Å²) in [5.41, 5.74) is 3.77. The number of aromatic nitrogens is 1. The Morgan fingerprint density at radius 3 is 2.31 bits per heavy atom. The molecule has 2 heterocycles. The highest BCUT2D eigenvalue weighted by Crippen LogP contribution is 2.28. The molecule has 130 valence electrons. The molecule has 2 aromatic carbocycles. The predicted octanol–water partition coefficient (Wildman–Crippen LogP) is 3.26. The normalized spacial score (nSPS) is 11.2. The fourth-order valence-corrected chi connectivity index (χ4v) is 3.19. The van der Waals surface area contributed by atoms with Crippen LogP contribution >= 0.6 is 0 Å². The number of H-pyrrole nitrogens is 1. The molecule has 0 aliphatic carbocycles. The molecular weight excluding hydrogens is 330 g/mol. The van der Waals surface area contributed by atoms with Crippen LogP contribution in [-0.4, -0.2) is 4.98 Å². The molecule has 0 radical (unpaired) electrons. The Labute approximate surface area is 148 Å². The van der Waals surface area contributed by atoms with E-state index in [1.807, 2.05) is 44.2 Å². The van der Waals surface area contributed by atoms with E-state index in [0.29, 0.717) is 22.5 Å². The summed E-state index contributed by atoms with van der Waals surface area (Å²) in [6, 6.07) is 14.1. The van der Waals surface area contributed by atoms with Crippen LogP contribution in [0.5, 0.6) is 0 Å². The molecule has 0 aliphatic rings. The first-order valence-corrected chi connectivity index (χ1v) is 8.15. The number of hydrogen-bond acceptors (Lipinski definition) is 5. The first kappa shape index (κ1) is 16.1. The summed E-state index contributed by atoms with van der Waals surface area (Å²) in [6.45, 7) is 3.76. The maximum absolute atomic E-state index is 11.7. The zero-order valence-corrected chi connectivity index (χ0v) is 14.4. The highest BCUT2D eigenvalue weighted by atomic mass is 16.4. The molecule has 6 heteroatoms. The second kappa shape index (κ2) is 5.86. The highest BCUT2D eigenvalue weighted by Gasteiger charge is 2.10. The van der Waals surface area contributed by atoms with E-state index in [4.69, 9.17) is 10.3 Å². The van der Waals surface area contributed by atoms with E-state index >= 15 is 0 Å². The van der Waals surface area contributed by atoms with Gasteiger partial charge in [-0.3, -0.25) is 9.80 Å². The Hall–Kier alpha value is -3.38. The van der Waals surface area contributed by atoms with Crippen molar-refractivity contribution in [1.29, 1.82) is 0 Å². The smallest absolute Gasteiger partial charge is 0.336 e. The van der Waals surface area contributed by atoms with Crippen LogP contribution in [0.3, 0.4) is 0 Å². The van der Waals surface area contributed by atoms with Crippen LogP contribution in [0.4, 0.5) is 11.4 Å². The lowest BCUT2D eigenvalue weighted by molar-refractivity contribution is 0.560. The summed E-state index contributed by atoms with van der Waals surface area (Å²) in [5, 5.41) is 3.31. The van der Waals surface area contributed by atoms with E-state index in [1.54, 1.807) is 12.1 Å². The van der Waals surface area contributed by atoms with Crippen LogP contribution in [0.2, 0.25) is 0 Å². The Morgan fingerprint density at radius 2 is 1.54 bits per heavy atom. The number of nitrogens with two attached hydrogens (primary N) is 1. The van der Waals surface area contributed by atoms with Gasteiger partial charge in [0.1, 0.15) is 5.58 Å². The Kier molecular flexibility index (Phi) is 3.63. The number of anilines is 2. The maximum atomic E-state index is 11.7. The third kappa shape index (κ3) is 2.66. The van der Waals surface area contributed by atoms with E-state index in [1.165, 1.54) is 11.1 Å². The predicted molar refractivity (Wildman–Crippen MR) is 103 cm³/mol. The SMILES string of the molecule is Cc1cc(=O)[nH]c2cc(N(N)c3ccc4c(C)cc(=O)oc4c3)ccc12. The largest absolute Gasteiger partial charge is 0.423 e. The van der Waals surface area contributed by atoms with Gasteiger partial charge in [0.2, 0.25) is 5.56 Å². The average Bonchev–Trinajstić information content (AvgIpc) is 2.59. The molecule has 0 saturated carbocycles. The van der Waals surface area contributed by atoms with Crippen LogP contribution in [0.15, 0.2) is 62.5 Å². The van der Waals surface area contributed by atoms with Crippen molar-refractivity contribution in [2.45, 2.75) is 13.8 Å². The monoisotopic (exact) mass is 347 g/mol. The van der Waals surface area contributed by atoms with E-state index in [0.717, 1.165) is 21.9 Å². The van der Waals surface area contributed by atoms with Crippen molar-refractivity contribution in [2.75, 3.05) is 5.01 Å². The lowest BCUT2D eigenvalue weighted by Crippen LogP contribution is -2.25. The van der Waals surface area contributed by atoms with E-state index < -0.39 is 5.63 Å². The third-order valence-corrected chi connectivity index (χ3v) is 4.52. The number of rotatable bonds is 2. The topological polar surface area (TPSA) is 92.3 Å². The quantitative estimate of drug-likeness (QED) is 0.330. The van der Waals surface area contributed by atoms with Crippen molar-refractivity contribution in [3.63, 3.8) is 0 Å². The van der Waals surface area contributed by atoms with Crippen LogP contribution < -0.4 is 22.0 Å². The van der Waals surface area contributed by atoms with Gasteiger partial charge in [0.25, 0.3) is 0 Å². The molecule has 0 bridgehead atoms. The van der Waals surface area contributed by atoms with Gasteiger partial charge in [-0.25, -0.2) is 10.6 Å². The third-order valence-electron chi connectivity index (χ3n) is 4.52. The zero-order valence-electron chi connectivity index (χ0n) is 14.4. The summed E-state index contributed by atoms with van der Waals surface area (Å²) >= 11 is 0. The van der Waals surface area contributed by atoms with Gasteiger partial charge < -0.3 is 9.40 Å². The zero-order chi connectivity index (χ0) is 18.4. The van der Waals surface area contributed by atoms with Gasteiger partial charge in [0.15, 0.2) is 0 Å². The van der Waals surface area contributed by atoms with E-state index in [2.05, 4.69) is 4.98 Å². The average molecular weight is 347 g/mol. The molecule has 4 aromatic rings. The minimum Gasteiger partial charge on any atom is -0.423 e. The van der Waals surface area contributed by atoms with Gasteiger partial charge in [-0.15, -0.1) is 0 Å². The summed E-state index contributed by atoms with van der Waals surface area (Å²) in [5.74, 6) is 6.27. The van der Waals surface area contributed by atoms with E-state index in [9.17, 15) is 9.59 Å². The fraction of sp³-hybridized carbons (Fsp3) is 0.100. The number of nitrogens with zero attached hydrogens (tertiary/aromatic N) is 1. The van der Waals surface area contributed by atoms with Gasteiger partial charge >= 0.3 is 5.63 Å². The number of aryl methyl sites for hydroxylation is 2. The van der Waals surface area contributed by atoms with Gasteiger partial charge in [0, 0.05) is 29.0 Å². The molecule has 0 amide bonds. The number of hydrogen-bond donors (Lipinski definition) is 2. The molecule has 0 fully saturated rings. The van der Waals surface area contributed by atoms with E-state index in [-0.39, 0.29) is 5.56 Å². The van der Waals surface area contributed by atoms with Crippen molar-refractivity contribution in [2.24, 2.45) is 5.84 Å². The maximum Gasteiger partial charge on any atom is 0.336 e. The summed E-state index contributed by atoms with van der Waals surface area (Å²) in [7, 11) is 0. The Morgan fingerprint density at radius 1 is 0.885 bits per heavy atom. The second-order valence-electron chi connectivity index (χ2n) is 6.35. The number of nitrogens with one attached hydrogen (secondary N) is 1. The minimum atomic E-state index is -0.394. The van der Waals surface area contributed by atoms with Gasteiger partial charge in [-0.05, 0) is 49.2 Å². The molecule has 2 aromatic heterocycles. The second-order valence-corrected chi connectivity index (χ2v) is 6.35. The molecule has 26 heavy (non-hydrogen) atoms. The lowest BCUT2D eigenvalue weighted by Gasteiger charge is -2.20. The molecular formula is C20H17N3O3. The Bertz CT molecular complexity index is 1170. The van der Waals surface area contributed by atoms with Crippen molar-refractivity contribution >= 4 is 33.2 Å². The van der Waals surface area contributed by atoms with Crippen LogP contribution in [-0.2, 0) is 0 Å². The number of hydrazine groups is 1. The van der Waals surface area contributed by atoms with Gasteiger partial charge in [-0.1, -0.05) is 6.07 Å². The molecule has 4 rings (SSSR count). The lowest BCUT2D eigenvalue weighted by atomic mass is 10.1. The summed E-state index contributed by atoms with van der Waals surface area (Å²) < 4.78 is 5.29. The van der Waals surface area contributed by atoms with Crippen LogP contribution in [0.1, 0.15) is 11.1 Å². The molecule has 6 nitrogen and oxygen atoms in total. The molecule has 0 spiro atoms. The number of pyridine rings is 1. The standard InChI is InChI=1S/C20H17N3O3/c1-11-7-19(24)22-17-9-13(3-5-15(11)17)23(21)14-4-6-16-12(2)8-20(25)26-18(16)10-14/h3-10H,21H2,1-2H3,(H,22,24). The Balaban J connectivity index is 1.83. The molecule has 3 N–H and O–H groups in total. The first-order chi connectivity index (χ1) is 12.4. The van der Waals surface area contributed by atoms with Crippen molar-refractivity contribution in [3.05, 3.63) is 80.4 Å². The van der Waals surface area contributed by atoms with Gasteiger partial charge in [0.05, 0.1) is 16.9 Å². The summed E-state index contributed by atoms with van der Waals surface area (Å²) in [4.78, 5) is 26.2. The number of fused-ring (bicyclic) bond motifs is 2. The number of aromatic amines is 1. The van der Waals surface area contributed by atoms with Crippen molar-refractivity contribution in [3.8, 4) is 0 Å². The molecule has 0 atom stereocenters. The first-order valence-electron chi connectivity index (χ1n) is 8.15. The number of benzene rings is 2. The molecule has 0 unspecified atom stereocenters. The molecule has 0 saturated heterocycles. The highest BCUT2D eigenvalue weighted by molar-refractivity contribution is 5.88. The minimum absolute atomic E-state index is 0.154. The van der Waals surface area contributed by atoms with Crippen LogP contribution in [0.25, 0.3) is 21.9 Å². The fourth-order valence-electron chi connectivity index (χ4n) is 3.19. The van der Waals surface area contributed by atoms with Crippen molar-refractivity contribution in [1.82, 2.24) is 4.98 Å². The summed E-state index contributed by atoms with van der Waals surface area (Å²) in [6.07, 6.45) is 0. The van der Waals surface area contributed by atoms with Crippen molar-refractivity contribution < 1.29 is 4.42 Å². The molecule has 0 aliphatic heterocycles.